The van der Waals surface area contributed by atoms with Crippen LogP contribution in [-0.4, -0.2) is 27.4 Å². The van der Waals surface area contributed by atoms with Gasteiger partial charge in [-0.05, 0) is 68.3 Å². The van der Waals surface area contributed by atoms with Gasteiger partial charge in [-0.1, -0.05) is 37.3 Å². The average Bonchev–Trinajstić information content (AvgIpc) is 3.21. The van der Waals surface area contributed by atoms with Gasteiger partial charge in [0.05, 0.1) is 12.2 Å². The number of hydrogen-bond acceptors (Lipinski definition) is 3. The molecule has 0 saturated heterocycles. The number of rotatable bonds is 4. The first-order valence-electron chi connectivity index (χ1n) is 12.5. The Bertz CT molecular complexity index is 1060. The summed E-state index contributed by atoms with van der Waals surface area (Å²) in [5.41, 5.74) is -1.42. The van der Waals surface area contributed by atoms with Gasteiger partial charge < -0.3 is 10.6 Å². The molecule has 4 bridgehead atoms. The van der Waals surface area contributed by atoms with Gasteiger partial charge in [-0.25, -0.2) is 4.68 Å². The van der Waals surface area contributed by atoms with E-state index >= 15 is 0 Å². The molecule has 182 valence electrons. The highest BCUT2D eigenvalue weighted by Crippen LogP contribution is 2.56. The molecule has 2 N–H and O–H groups in total. The molecule has 1 aromatic heterocycles. The molecule has 7 rings (SSSR count). The number of carbonyl (C=O) groups excluding carboxylic acids is 1. The number of hydrogen-bond donors (Lipinski definition) is 2. The van der Waals surface area contributed by atoms with Crippen LogP contribution in [0.15, 0.2) is 36.5 Å². The van der Waals surface area contributed by atoms with Crippen molar-refractivity contribution >= 4 is 11.7 Å². The van der Waals surface area contributed by atoms with Crippen LogP contribution in [0.5, 0.6) is 0 Å². The lowest BCUT2D eigenvalue weighted by Crippen LogP contribution is -2.60. The second-order valence-corrected chi connectivity index (χ2v) is 11.2. The van der Waals surface area contributed by atoms with E-state index in [0.29, 0.717) is 17.8 Å². The van der Waals surface area contributed by atoms with E-state index in [1.54, 1.807) is 6.92 Å². The summed E-state index contributed by atoms with van der Waals surface area (Å²) in [7, 11) is 0. The molecule has 4 aliphatic carbocycles. The summed E-state index contributed by atoms with van der Waals surface area (Å²) in [6.07, 6.45) is 3.18. The highest BCUT2D eigenvalue weighted by Gasteiger charge is 2.60. The number of amides is 1. The van der Waals surface area contributed by atoms with Crippen LogP contribution in [0.25, 0.3) is 0 Å². The molecule has 0 radical (unpaired) electrons. The molecule has 1 aromatic carbocycles. The zero-order valence-electron chi connectivity index (χ0n) is 19.4. The summed E-state index contributed by atoms with van der Waals surface area (Å²) in [5.74, 6) is 1.83. The number of nitrogens with zero attached hydrogens (tertiary/aromatic N) is 2. The van der Waals surface area contributed by atoms with Crippen molar-refractivity contribution in [2.75, 3.05) is 5.32 Å². The predicted octanol–water partition coefficient (Wildman–Crippen LogP) is 5.81. The first-order valence-corrected chi connectivity index (χ1v) is 12.5. The fourth-order valence-electron chi connectivity index (χ4n) is 7.81. The third kappa shape index (κ3) is 3.28. The van der Waals surface area contributed by atoms with Crippen LogP contribution in [0.1, 0.15) is 80.3 Å². The molecule has 5 aliphatic rings. The van der Waals surface area contributed by atoms with E-state index in [9.17, 15) is 18.0 Å². The van der Waals surface area contributed by atoms with E-state index < -0.39 is 17.8 Å². The number of carbonyl (C=O) groups is 1. The molecule has 1 aliphatic heterocycles. The molecule has 2 heterocycles. The molecular formula is C26H31F3N4O. The van der Waals surface area contributed by atoms with Gasteiger partial charge in [-0.15, -0.1) is 0 Å². The van der Waals surface area contributed by atoms with Crippen LogP contribution in [0.3, 0.4) is 0 Å². The maximum absolute atomic E-state index is 14.6. The number of nitrogens with one attached hydrogen (secondary N) is 2. The van der Waals surface area contributed by atoms with Crippen LogP contribution >= 0.6 is 0 Å². The first-order chi connectivity index (χ1) is 16.2. The molecule has 4 fully saturated rings. The minimum atomic E-state index is -4.51. The molecule has 0 spiro atoms. The number of alkyl halides is 3. The highest BCUT2D eigenvalue weighted by atomic mass is 19.4. The first kappa shape index (κ1) is 22.0. The third-order valence-electron chi connectivity index (χ3n) is 9.00. The van der Waals surface area contributed by atoms with Crippen LogP contribution in [0.4, 0.5) is 19.0 Å². The zero-order valence-corrected chi connectivity index (χ0v) is 19.4. The Morgan fingerprint density at radius 1 is 1.09 bits per heavy atom. The number of benzene rings is 1. The Morgan fingerprint density at radius 3 is 2.26 bits per heavy atom. The zero-order chi connectivity index (χ0) is 23.7. The van der Waals surface area contributed by atoms with Crippen LogP contribution < -0.4 is 10.6 Å². The van der Waals surface area contributed by atoms with Crippen molar-refractivity contribution in [3.63, 3.8) is 0 Å². The lowest BCUT2D eigenvalue weighted by molar-refractivity contribution is -0.224. The van der Waals surface area contributed by atoms with Crippen molar-refractivity contribution in [2.45, 2.75) is 81.6 Å². The average molecular weight is 473 g/mol. The van der Waals surface area contributed by atoms with Crippen molar-refractivity contribution in [3.8, 4) is 0 Å². The van der Waals surface area contributed by atoms with Gasteiger partial charge in [0.1, 0.15) is 11.4 Å². The summed E-state index contributed by atoms with van der Waals surface area (Å²) in [6, 6.07) is 8.58. The number of anilines is 1. The Morgan fingerprint density at radius 2 is 1.71 bits per heavy atom. The predicted molar refractivity (Wildman–Crippen MR) is 122 cm³/mol. The van der Waals surface area contributed by atoms with E-state index in [2.05, 4.69) is 15.7 Å². The van der Waals surface area contributed by atoms with E-state index in [1.807, 2.05) is 30.3 Å². The second kappa shape index (κ2) is 7.49. The summed E-state index contributed by atoms with van der Waals surface area (Å²) in [6.45, 7) is 1.54. The number of aromatic nitrogens is 2. The van der Waals surface area contributed by atoms with Crippen molar-refractivity contribution in [1.29, 1.82) is 0 Å². The van der Waals surface area contributed by atoms with E-state index in [-0.39, 0.29) is 35.7 Å². The maximum Gasteiger partial charge on any atom is 0.413 e. The standard InChI is InChI=1S/C26H31F3N4O/c1-2-25(26(27,28)29)14-21(19-6-4-3-5-7-19)31-22-20(15-30-33(22)25)23(34)32-24-11-16-8-17(12-24)10-18(9-16)13-24/h3-7,15-18,21,31H,2,8-14H2,1H3,(H,32,34). The van der Waals surface area contributed by atoms with Gasteiger partial charge in [0.2, 0.25) is 0 Å². The van der Waals surface area contributed by atoms with Crippen molar-refractivity contribution in [2.24, 2.45) is 17.8 Å². The Labute approximate surface area is 197 Å². The summed E-state index contributed by atoms with van der Waals surface area (Å²) >= 11 is 0. The van der Waals surface area contributed by atoms with Gasteiger partial charge in [0.25, 0.3) is 5.91 Å². The monoisotopic (exact) mass is 472 g/mol. The fourth-order valence-corrected chi connectivity index (χ4v) is 7.81. The lowest BCUT2D eigenvalue weighted by Gasteiger charge is -2.56. The normalized spacial score (nSPS) is 36.1. The molecule has 1 amide bonds. The molecule has 2 unspecified atom stereocenters. The summed E-state index contributed by atoms with van der Waals surface area (Å²) < 4.78 is 44.7. The summed E-state index contributed by atoms with van der Waals surface area (Å²) in [4.78, 5) is 13.6. The molecule has 8 heteroatoms. The molecular weight excluding hydrogens is 441 g/mol. The van der Waals surface area contributed by atoms with Crippen LogP contribution in [0, 0.1) is 17.8 Å². The number of halogens is 3. The summed E-state index contributed by atoms with van der Waals surface area (Å²) in [5, 5.41) is 10.7. The topological polar surface area (TPSA) is 59.0 Å². The largest absolute Gasteiger partial charge is 0.413 e. The lowest BCUT2D eigenvalue weighted by atomic mass is 9.53. The van der Waals surface area contributed by atoms with Gasteiger partial charge in [-0.2, -0.15) is 18.3 Å². The van der Waals surface area contributed by atoms with Crippen LogP contribution in [-0.2, 0) is 5.54 Å². The van der Waals surface area contributed by atoms with Gasteiger partial charge >= 0.3 is 6.18 Å². The van der Waals surface area contributed by atoms with E-state index in [4.69, 9.17) is 0 Å². The fraction of sp³-hybridized carbons (Fsp3) is 0.615. The molecule has 4 saturated carbocycles. The van der Waals surface area contributed by atoms with Crippen molar-refractivity contribution < 1.29 is 18.0 Å². The van der Waals surface area contributed by atoms with Crippen molar-refractivity contribution in [1.82, 2.24) is 15.1 Å². The molecule has 2 atom stereocenters. The van der Waals surface area contributed by atoms with E-state index in [1.165, 1.54) is 25.5 Å². The minimum Gasteiger partial charge on any atom is -0.363 e. The smallest absolute Gasteiger partial charge is 0.363 e. The van der Waals surface area contributed by atoms with Gasteiger partial charge in [-0.3, -0.25) is 4.79 Å². The maximum atomic E-state index is 14.6. The molecule has 5 nitrogen and oxygen atoms in total. The number of fused-ring (bicyclic) bond motifs is 1. The van der Waals surface area contributed by atoms with Gasteiger partial charge in [0, 0.05) is 12.0 Å². The Kier molecular flexibility index (Phi) is 4.84. The third-order valence-corrected chi connectivity index (χ3v) is 9.00. The minimum absolute atomic E-state index is 0.160. The second-order valence-electron chi connectivity index (χ2n) is 11.2. The highest BCUT2D eigenvalue weighted by molar-refractivity contribution is 5.99. The Balaban J connectivity index is 1.36. The molecule has 2 aromatic rings. The van der Waals surface area contributed by atoms with Crippen LogP contribution in [0.2, 0.25) is 0 Å². The molecule has 34 heavy (non-hydrogen) atoms. The van der Waals surface area contributed by atoms with E-state index in [0.717, 1.165) is 29.5 Å². The quantitative estimate of drug-likeness (QED) is 0.591. The van der Waals surface area contributed by atoms with Crippen molar-refractivity contribution in [3.05, 3.63) is 47.7 Å². The Hall–Kier alpha value is -2.51. The SMILES string of the molecule is CCC1(C(F)(F)F)CC(c2ccccc2)Nc2c(C(=O)NC34CC5CC(CC(C5)C3)C4)cnn21. The van der Waals surface area contributed by atoms with Gasteiger partial charge in [0.15, 0.2) is 5.54 Å².